The first kappa shape index (κ1) is 49.0. The van der Waals surface area contributed by atoms with Gasteiger partial charge < -0.3 is 9.97 Å². The Hall–Kier alpha value is -12.0. The third-order valence-electron chi connectivity index (χ3n) is 19.4. The number of nitrogens with zero attached hydrogens (tertiary/aromatic N) is 8. The SMILES string of the molecule is c1ccc2c(c1)[nH]c1ccc(-n3c4ccccc4c4nc5c6ccccc6n(-c6ccc7[nH]c8ccc(-c9ccc%10sc%11c(-n%12c%13ccccc%13c%13nc%14c%15ccccc%15n(-c%15cccc%16c%15sc%15ccccc%15%16)c%14nc%13%12)cccc%11c%10c9)cc8c7c6)c5nc43)cc12. The van der Waals surface area contributed by atoms with Gasteiger partial charge in [0.05, 0.1) is 42.8 Å². The van der Waals surface area contributed by atoms with Crippen molar-refractivity contribution in [1.82, 2.24) is 48.2 Å². The molecule has 0 atom stereocenters. The summed E-state index contributed by atoms with van der Waals surface area (Å²) in [5.41, 5.74) is 22.0. The lowest BCUT2D eigenvalue weighted by Gasteiger charge is -2.10. The van der Waals surface area contributed by atoms with Gasteiger partial charge in [0.15, 0.2) is 22.6 Å². The third kappa shape index (κ3) is 6.54. The van der Waals surface area contributed by atoms with E-state index in [4.69, 9.17) is 19.9 Å². The molecule has 0 aliphatic carbocycles. The van der Waals surface area contributed by atoms with E-state index in [0.29, 0.717) is 0 Å². The third-order valence-corrected chi connectivity index (χ3v) is 21.8. The highest BCUT2D eigenvalue weighted by atomic mass is 32.1. The van der Waals surface area contributed by atoms with Crippen LogP contribution in [0.15, 0.2) is 255 Å². The first-order valence-electron chi connectivity index (χ1n) is 30.9. The molecule has 0 radical (unpaired) electrons. The minimum atomic E-state index is 0.805. The van der Waals surface area contributed by atoms with Gasteiger partial charge in [-0.1, -0.05) is 146 Å². The zero-order chi connectivity index (χ0) is 59.6. The van der Waals surface area contributed by atoms with E-state index in [2.05, 4.69) is 283 Å². The number of hydrogen-bond donors (Lipinski definition) is 2. The fourth-order valence-corrected chi connectivity index (χ4v) is 17.7. The van der Waals surface area contributed by atoms with Crippen molar-refractivity contribution < 1.29 is 0 Å². The van der Waals surface area contributed by atoms with Gasteiger partial charge in [-0.25, -0.2) is 19.9 Å². The predicted molar refractivity (Wildman–Crippen MR) is 385 cm³/mol. The lowest BCUT2D eigenvalue weighted by atomic mass is 10.0. The highest BCUT2D eigenvalue weighted by molar-refractivity contribution is 7.26. The molecule has 0 fully saturated rings. The minimum absolute atomic E-state index is 0.805. The number of fused-ring (bicyclic) bond motifs is 24. The first-order valence-corrected chi connectivity index (χ1v) is 32.6. The molecule has 0 saturated heterocycles. The molecule has 426 valence electrons. The fourth-order valence-electron chi connectivity index (χ4n) is 15.4. The Morgan fingerprint density at radius 3 is 1.16 bits per heavy atom. The standard InChI is InChI=1S/C80H44N10S2/c1-7-23-59-47(15-1)56-41-45(33-36-61(56)81-59)87-63-24-8-2-17-51(63)71-77(87)85-78-72(83-71)52-18-3-9-25-64(52)88(78)46-34-37-62-57(42-46)55-39-43(31-35-60(55)82-62)44-32-38-70-58(40-44)50-22-14-29-68(76(50)92-70)90-66-27-11-5-20-54(66)74-80(90)86-79-73(84-74)53-19-4-10-26-65(53)89(79)67-28-13-21-49-48-16-6-12-30-69(48)91-75(49)67/h1-42,81-82H. The summed E-state index contributed by atoms with van der Waals surface area (Å²) in [6, 6.07) is 92.2. The molecule has 0 unspecified atom stereocenters. The van der Waals surface area contributed by atoms with Crippen molar-refractivity contribution in [2.75, 3.05) is 0 Å². The van der Waals surface area contributed by atoms with E-state index in [1.165, 1.54) is 51.1 Å². The number of thiophene rings is 2. The molecule has 12 heteroatoms. The van der Waals surface area contributed by atoms with E-state index >= 15 is 0 Å². The molecule has 22 rings (SSSR count). The van der Waals surface area contributed by atoms with Crippen LogP contribution in [-0.4, -0.2) is 48.2 Å². The summed E-state index contributed by atoms with van der Waals surface area (Å²) < 4.78 is 14.2. The van der Waals surface area contributed by atoms with E-state index < -0.39 is 0 Å². The van der Waals surface area contributed by atoms with Crippen LogP contribution in [0, 0.1) is 0 Å². The second-order valence-corrected chi connectivity index (χ2v) is 26.4. The summed E-state index contributed by atoms with van der Waals surface area (Å²) in [4.78, 5) is 30.1. The van der Waals surface area contributed by atoms with Crippen molar-refractivity contribution in [1.29, 1.82) is 0 Å². The molecule has 92 heavy (non-hydrogen) atoms. The Balaban J connectivity index is 0.690. The van der Waals surface area contributed by atoms with Crippen LogP contribution in [0.2, 0.25) is 0 Å². The van der Waals surface area contributed by atoms with Gasteiger partial charge in [0.1, 0.15) is 22.1 Å². The summed E-state index contributed by atoms with van der Waals surface area (Å²) >= 11 is 3.67. The molecule has 10 nitrogen and oxygen atoms in total. The second kappa shape index (κ2) is 17.9. The largest absolute Gasteiger partial charge is 0.355 e. The van der Waals surface area contributed by atoms with Crippen molar-refractivity contribution in [3.05, 3.63) is 255 Å². The number of H-pyrrole nitrogens is 2. The van der Waals surface area contributed by atoms with Gasteiger partial charge in [0, 0.05) is 107 Å². The van der Waals surface area contributed by atoms with E-state index in [9.17, 15) is 0 Å². The zero-order valence-electron chi connectivity index (χ0n) is 48.6. The molecule has 0 spiro atoms. The summed E-state index contributed by atoms with van der Waals surface area (Å²) in [6.45, 7) is 0. The summed E-state index contributed by atoms with van der Waals surface area (Å²) in [6.07, 6.45) is 0. The average Bonchev–Trinajstić information content (AvgIpc) is 1.57. The molecule has 0 saturated carbocycles. The number of nitrogens with one attached hydrogen (secondary N) is 2. The predicted octanol–water partition coefficient (Wildman–Crippen LogP) is 21.3. The van der Waals surface area contributed by atoms with Gasteiger partial charge in [0.25, 0.3) is 0 Å². The van der Waals surface area contributed by atoms with E-state index in [-0.39, 0.29) is 0 Å². The Morgan fingerprint density at radius 1 is 0.250 bits per heavy atom. The van der Waals surface area contributed by atoms with Crippen LogP contribution in [0.1, 0.15) is 0 Å². The number of aromatic amines is 2. The number of para-hydroxylation sites is 5. The Labute approximate surface area is 528 Å². The normalized spacial score (nSPS) is 12.6. The maximum atomic E-state index is 5.77. The highest BCUT2D eigenvalue weighted by Crippen LogP contribution is 2.46. The van der Waals surface area contributed by atoms with Crippen LogP contribution in [0.25, 0.3) is 206 Å². The van der Waals surface area contributed by atoms with Crippen molar-refractivity contribution in [2.24, 2.45) is 0 Å². The summed E-state index contributed by atoms with van der Waals surface area (Å²) in [5, 5.41) is 13.9. The average molecular weight is 1210 g/mol. The molecule has 0 aliphatic heterocycles. The fraction of sp³-hybridized carbons (Fsp3) is 0. The van der Waals surface area contributed by atoms with Crippen LogP contribution in [0.3, 0.4) is 0 Å². The van der Waals surface area contributed by atoms with Crippen LogP contribution in [-0.2, 0) is 0 Å². The molecule has 10 heterocycles. The van der Waals surface area contributed by atoms with Crippen molar-refractivity contribution >= 4 is 195 Å². The monoisotopic (exact) mass is 1210 g/mol. The lowest BCUT2D eigenvalue weighted by Crippen LogP contribution is -2.00. The van der Waals surface area contributed by atoms with Gasteiger partial charge in [-0.2, -0.15) is 0 Å². The smallest absolute Gasteiger partial charge is 0.166 e. The number of benzene rings is 12. The molecule has 0 bridgehead atoms. The molecule has 22 aromatic rings. The highest BCUT2D eigenvalue weighted by Gasteiger charge is 2.26. The van der Waals surface area contributed by atoms with Crippen molar-refractivity contribution in [3.63, 3.8) is 0 Å². The van der Waals surface area contributed by atoms with Crippen LogP contribution in [0.4, 0.5) is 0 Å². The Kier molecular flexibility index (Phi) is 9.52. The van der Waals surface area contributed by atoms with Crippen LogP contribution >= 0.6 is 22.7 Å². The Bertz CT molecular complexity index is 7040. The van der Waals surface area contributed by atoms with E-state index in [0.717, 1.165) is 155 Å². The van der Waals surface area contributed by atoms with Gasteiger partial charge >= 0.3 is 0 Å². The summed E-state index contributed by atoms with van der Waals surface area (Å²) in [7, 11) is 0. The van der Waals surface area contributed by atoms with E-state index in [1.54, 1.807) is 0 Å². The summed E-state index contributed by atoms with van der Waals surface area (Å²) in [5.74, 6) is 0. The molecular formula is C80H44N10S2. The maximum Gasteiger partial charge on any atom is 0.166 e. The van der Waals surface area contributed by atoms with Gasteiger partial charge in [-0.05, 0) is 120 Å². The number of rotatable bonds is 5. The topological polar surface area (TPSA) is 103 Å². The Morgan fingerprint density at radius 2 is 0.620 bits per heavy atom. The number of hydrogen-bond acceptors (Lipinski definition) is 6. The first-order chi connectivity index (χ1) is 45.6. The molecule has 0 amide bonds. The maximum absolute atomic E-state index is 5.77. The van der Waals surface area contributed by atoms with Crippen LogP contribution < -0.4 is 0 Å². The lowest BCUT2D eigenvalue weighted by molar-refractivity contribution is 1.10. The molecule has 12 aromatic carbocycles. The molecular weight excluding hydrogens is 1170 g/mol. The second-order valence-electron chi connectivity index (χ2n) is 24.3. The van der Waals surface area contributed by atoms with E-state index in [1.807, 2.05) is 22.7 Å². The van der Waals surface area contributed by atoms with Gasteiger partial charge in [-0.3, -0.25) is 18.3 Å². The quantitative estimate of drug-likeness (QED) is 0.179. The van der Waals surface area contributed by atoms with Crippen molar-refractivity contribution in [2.45, 2.75) is 0 Å². The molecule has 2 N–H and O–H groups in total. The van der Waals surface area contributed by atoms with Crippen LogP contribution in [0.5, 0.6) is 0 Å². The molecule has 0 aliphatic rings. The van der Waals surface area contributed by atoms with Gasteiger partial charge in [-0.15, -0.1) is 22.7 Å². The number of aromatic nitrogens is 10. The molecule has 10 aromatic heterocycles. The van der Waals surface area contributed by atoms with Gasteiger partial charge in [0.2, 0.25) is 0 Å². The van der Waals surface area contributed by atoms with Crippen molar-refractivity contribution in [3.8, 4) is 33.9 Å². The zero-order valence-corrected chi connectivity index (χ0v) is 50.3. The minimum Gasteiger partial charge on any atom is -0.355 e.